The Labute approximate surface area is 99.7 Å². The first kappa shape index (κ1) is 11.3. The number of carbonyl (C=O) groups excluding carboxylic acids is 1. The summed E-state index contributed by atoms with van der Waals surface area (Å²) in [6.45, 7) is 2.63. The van der Waals surface area contributed by atoms with Gasteiger partial charge in [0.25, 0.3) is 0 Å². The number of fused-ring (bicyclic) bond motifs is 1. The summed E-state index contributed by atoms with van der Waals surface area (Å²) in [5, 5.41) is 2.90. The standard InChI is InChI=1S/C12H14ClNO2/c1-8-3-2-4-9-10(14-11(15)7-13)5-6-16-12(8)9/h2-4,10H,5-7H2,1H3,(H,14,15)/t10-/m1/s1. The summed E-state index contributed by atoms with van der Waals surface area (Å²) in [4.78, 5) is 11.3. The highest BCUT2D eigenvalue weighted by atomic mass is 35.5. The molecular weight excluding hydrogens is 226 g/mol. The van der Waals surface area contributed by atoms with E-state index in [1.165, 1.54) is 0 Å². The number of hydrogen-bond donors (Lipinski definition) is 1. The van der Waals surface area contributed by atoms with Crippen molar-refractivity contribution in [2.24, 2.45) is 0 Å². The molecule has 4 heteroatoms. The molecular formula is C12H14ClNO2. The average Bonchev–Trinajstić information content (AvgIpc) is 2.30. The Morgan fingerprint density at radius 1 is 1.62 bits per heavy atom. The molecule has 1 amide bonds. The highest BCUT2D eigenvalue weighted by Crippen LogP contribution is 2.34. The van der Waals surface area contributed by atoms with Gasteiger partial charge in [-0.05, 0) is 12.5 Å². The van der Waals surface area contributed by atoms with Crippen molar-refractivity contribution in [3.63, 3.8) is 0 Å². The normalized spacial score (nSPS) is 18.5. The minimum absolute atomic E-state index is 0.00148. The van der Waals surface area contributed by atoms with E-state index >= 15 is 0 Å². The van der Waals surface area contributed by atoms with Crippen LogP contribution in [0.5, 0.6) is 5.75 Å². The molecule has 2 rings (SSSR count). The predicted octanol–water partition coefficient (Wildman–Crippen LogP) is 2.17. The molecule has 3 nitrogen and oxygen atoms in total. The van der Waals surface area contributed by atoms with Gasteiger partial charge < -0.3 is 10.1 Å². The Kier molecular flexibility index (Phi) is 3.34. The molecule has 1 aliphatic rings. The van der Waals surface area contributed by atoms with Crippen LogP contribution in [-0.2, 0) is 4.79 Å². The van der Waals surface area contributed by atoms with Crippen LogP contribution in [-0.4, -0.2) is 18.4 Å². The first-order chi connectivity index (χ1) is 7.72. The van der Waals surface area contributed by atoms with E-state index < -0.39 is 0 Å². The third-order valence-corrected chi connectivity index (χ3v) is 2.97. The van der Waals surface area contributed by atoms with E-state index in [2.05, 4.69) is 5.32 Å². The van der Waals surface area contributed by atoms with Gasteiger partial charge in [0.15, 0.2) is 0 Å². The van der Waals surface area contributed by atoms with Crippen LogP contribution in [0.25, 0.3) is 0 Å². The number of aryl methyl sites for hydroxylation is 1. The topological polar surface area (TPSA) is 38.3 Å². The monoisotopic (exact) mass is 239 g/mol. The van der Waals surface area contributed by atoms with Gasteiger partial charge in [0.2, 0.25) is 5.91 Å². The largest absolute Gasteiger partial charge is 0.493 e. The molecule has 1 aliphatic heterocycles. The zero-order chi connectivity index (χ0) is 11.5. The zero-order valence-corrected chi connectivity index (χ0v) is 9.88. The Morgan fingerprint density at radius 3 is 3.19 bits per heavy atom. The smallest absolute Gasteiger partial charge is 0.235 e. The molecule has 0 fully saturated rings. The fourth-order valence-corrected chi connectivity index (χ4v) is 2.04. The van der Waals surface area contributed by atoms with E-state index in [4.69, 9.17) is 16.3 Å². The van der Waals surface area contributed by atoms with Crippen molar-refractivity contribution in [2.45, 2.75) is 19.4 Å². The quantitative estimate of drug-likeness (QED) is 0.804. The zero-order valence-electron chi connectivity index (χ0n) is 9.13. The molecule has 0 spiro atoms. The fraction of sp³-hybridized carbons (Fsp3) is 0.417. The van der Waals surface area contributed by atoms with Gasteiger partial charge in [0.1, 0.15) is 11.6 Å². The molecule has 1 N–H and O–H groups in total. The molecule has 0 unspecified atom stereocenters. The van der Waals surface area contributed by atoms with Gasteiger partial charge in [0.05, 0.1) is 12.6 Å². The Hall–Kier alpha value is -1.22. The summed E-state index contributed by atoms with van der Waals surface area (Å²) >= 11 is 5.49. The third-order valence-electron chi connectivity index (χ3n) is 2.73. The van der Waals surface area contributed by atoms with Gasteiger partial charge in [-0.15, -0.1) is 11.6 Å². The summed E-state index contributed by atoms with van der Waals surface area (Å²) in [7, 11) is 0. The van der Waals surface area contributed by atoms with Crippen LogP contribution < -0.4 is 10.1 Å². The van der Waals surface area contributed by atoms with Crippen LogP contribution in [0, 0.1) is 6.92 Å². The minimum Gasteiger partial charge on any atom is -0.493 e. The number of benzene rings is 1. The van der Waals surface area contributed by atoms with E-state index in [0.717, 1.165) is 23.3 Å². The summed E-state index contributed by atoms with van der Waals surface area (Å²) in [5.74, 6) is 0.757. The van der Waals surface area contributed by atoms with Gasteiger partial charge >= 0.3 is 0 Å². The van der Waals surface area contributed by atoms with Crippen LogP contribution >= 0.6 is 11.6 Å². The molecule has 0 radical (unpaired) electrons. The molecule has 1 atom stereocenters. The van der Waals surface area contributed by atoms with Crippen LogP contribution in [0.3, 0.4) is 0 Å². The van der Waals surface area contributed by atoms with Crippen LogP contribution in [0.15, 0.2) is 18.2 Å². The lowest BCUT2D eigenvalue weighted by Crippen LogP contribution is -2.33. The first-order valence-corrected chi connectivity index (χ1v) is 5.83. The number of carbonyl (C=O) groups is 1. The van der Waals surface area contributed by atoms with E-state index in [9.17, 15) is 4.79 Å². The molecule has 16 heavy (non-hydrogen) atoms. The van der Waals surface area contributed by atoms with E-state index in [1.807, 2.05) is 25.1 Å². The third kappa shape index (κ3) is 2.14. The lowest BCUT2D eigenvalue weighted by atomic mass is 9.98. The maximum atomic E-state index is 11.3. The van der Waals surface area contributed by atoms with Crippen molar-refractivity contribution >= 4 is 17.5 Å². The van der Waals surface area contributed by atoms with Crippen LogP contribution in [0.4, 0.5) is 0 Å². The molecule has 0 saturated carbocycles. The Bertz CT molecular complexity index is 406. The predicted molar refractivity (Wildman–Crippen MR) is 62.9 cm³/mol. The number of hydrogen-bond acceptors (Lipinski definition) is 2. The average molecular weight is 240 g/mol. The Balaban J connectivity index is 2.26. The van der Waals surface area contributed by atoms with E-state index in [0.29, 0.717) is 6.61 Å². The maximum absolute atomic E-state index is 11.3. The number of nitrogens with one attached hydrogen (secondary N) is 1. The van der Waals surface area contributed by atoms with Crippen molar-refractivity contribution in [1.29, 1.82) is 0 Å². The number of para-hydroxylation sites is 1. The summed E-state index contributed by atoms with van der Waals surface area (Å²) in [6, 6.07) is 5.99. The highest BCUT2D eigenvalue weighted by Gasteiger charge is 2.23. The fourth-order valence-electron chi connectivity index (χ4n) is 1.96. The number of ether oxygens (including phenoxy) is 1. The number of amides is 1. The van der Waals surface area contributed by atoms with Gasteiger partial charge in [0, 0.05) is 12.0 Å². The SMILES string of the molecule is Cc1cccc2c1OCC[C@H]2NC(=O)CCl. The van der Waals surface area contributed by atoms with Crippen molar-refractivity contribution in [3.05, 3.63) is 29.3 Å². The van der Waals surface area contributed by atoms with E-state index in [-0.39, 0.29) is 17.8 Å². The van der Waals surface area contributed by atoms with Crippen molar-refractivity contribution in [2.75, 3.05) is 12.5 Å². The first-order valence-electron chi connectivity index (χ1n) is 5.30. The molecule has 1 heterocycles. The number of alkyl halides is 1. The maximum Gasteiger partial charge on any atom is 0.235 e. The Morgan fingerprint density at radius 2 is 2.44 bits per heavy atom. The summed E-state index contributed by atoms with van der Waals surface area (Å²) in [5.41, 5.74) is 2.15. The molecule has 0 bridgehead atoms. The van der Waals surface area contributed by atoms with Gasteiger partial charge in [-0.1, -0.05) is 18.2 Å². The lowest BCUT2D eigenvalue weighted by molar-refractivity contribution is -0.119. The summed E-state index contributed by atoms with van der Waals surface area (Å²) < 4.78 is 5.62. The minimum atomic E-state index is -0.138. The summed E-state index contributed by atoms with van der Waals surface area (Å²) in [6.07, 6.45) is 0.791. The molecule has 0 aromatic heterocycles. The van der Waals surface area contributed by atoms with Gasteiger partial charge in [-0.2, -0.15) is 0 Å². The van der Waals surface area contributed by atoms with Gasteiger partial charge in [-0.3, -0.25) is 4.79 Å². The second-order valence-corrected chi connectivity index (χ2v) is 4.15. The van der Waals surface area contributed by atoms with Crippen molar-refractivity contribution < 1.29 is 9.53 Å². The second-order valence-electron chi connectivity index (χ2n) is 3.88. The number of rotatable bonds is 2. The molecule has 0 saturated heterocycles. The van der Waals surface area contributed by atoms with Crippen LogP contribution in [0.2, 0.25) is 0 Å². The lowest BCUT2D eigenvalue weighted by Gasteiger charge is -2.27. The van der Waals surface area contributed by atoms with Crippen molar-refractivity contribution in [1.82, 2.24) is 5.32 Å². The molecule has 1 aromatic rings. The van der Waals surface area contributed by atoms with Crippen LogP contribution in [0.1, 0.15) is 23.6 Å². The van der Waals surface area contributed by atoms with Crippen molar-refractivity contribution in [3.8, 4) is 5.75 Å². The van der Waals surface area contributed by atoms with E-state index in [1.54, 1.807) is 0 Å². The molecule has 1 aromatic carbocycles. The highest BCUT2D eigenvalue weighted by molar-refractivity contribution is 6.27. The second kappa shape index (κ2) is 4.74. The van der Waals surface area contributed by atoms with Gasteiger partial charge in [-0.25, -0.2) is 0 Å². The molecule has 0 aliphatic carbocycles. The number of halogens is 1. The molecule has 86 valence electrons.